The van der Waals surface area contributed by atoms with Crippen LogP contribution < -0.4 is 26.6 Å². The van der Waals surface area contributed by atoms with Crippen molar-refractivity contribution >= 4 is 23.6 Å². The summed E-state index contributed by atoms with van der Waals surface area (Å²) in [5, 5.41) is 14.4. The highest BCUT2D eigenvalue weighted by Crippen LogP contribution is 2.12. The van der Waals surface area contributed by atoms with E-state index < -0.39 is 11.9 Å². The monoisotopic (exact) mass is 502 g/mol. The summed E-state index contributed by atoms with van der Waals surface area (Å²) in [6.07, 6.45) is 5.70. The Labute approximate surface area is 216 Å². The molecule has 0 radical (unpaired) electrons. The van der Waals surface area contributed by atoms with Gasteiger partial charge in [-0.15, -0.1) is 0 Å². The quantitative estimate of drug-likeness (QED) is 0.119. The van der Waals surface area contributed by atoms with Crippen LogP contribution in [0, 0.1) is 0 Å². The van der Waals surface area contributed by atoms with Crippen molar-refractivity contribution < 1.29 is 14.4 Å². The van der Waals surface area contributed by atoms with Gasteiger partial charge >= 0.3 is 0 Å². The second-order valence-corrected chi connectivity index (χ2v) is 8.84. The van der Waals surface area contributed by atoms with E-state index in [4.69, 9.17) is 0 Å². The van der Waals surface area contributed by atoms with E-state index in [0.29, 0.717) is 12.4 Å². The first-order valence-electron chi connectivity index (χ1n) is 13.3. The molecule has 9 heteroatoms. The summed E-state index contributed by atoms with van der Waals surface area (Å²) in [7, 11) is 0. The van der Waals surface area contributed by atoms with Gasteiger partial charge in [0.15, 0.2) is 0 Å². The molecule has 1 unspecified atom stereocenters. The van der Waals surface area contributed by atoms with E-state index in [1.807, 2.05) is 19.9 Å². The third kappa shape index (κ3) is 13.8. The maximum absolute atomic E-state index is 12.9. The molecule has 0 aliphatic rings. The van der Waals surface area contributed by atoms with Crippen molar-refractivity contribution in [2.45, 2.75) is 72.3 Å². The molecule has 3 amide bonds. The highest BCUT2D eigenvalue weighted by Gasteiger charge is 2.20. The number of benzene rings is 1. The topological polar surface area (TPSA) is 124 Å². The highest BCUT2D eigenvalue weighted by atomic mass is 16.2. The lowest BCUT2D eigenvalue weighted by Crippen LogP contribution is -2.51. The number of carbonyl (C=O) groups excluding carboxylic acids is 3. The van der Waals surface area contributed by atoms with Crippen molar-refractivity contribution in [3.8, 4) is 0 Å². The van der Waals surface area contributed by atoms with Crippen LogP contribution in [0.1, 0.15) is 64.5 Å². The van der Waals surface area contributed by atoms with Crippen molar-refractivity contribution in [3.63, 3.8) is 0 Å². The molecule has 0 bridgehead atoms. The Bertz CT molecular complexity index is 827. The normalized spacial score (nSPS) is 12.1. The summed E-state index contributed by atoms with van der Waals surface area (Å²) >= 11 is 0. The first-order valence-corrected chi connectivity index (χ1v) is 13.3. The van der Waals surface area contributed by atoms with E-state index in [1.165, 1.54) is 11.1 Å². The van der Waals surface area contributed by atoms with Gasteiger partial charge in [-0.2, -0.15) is 0 Å². The molecule has 0 saturated heterocycles. The maximum Gasteiger partial charge on any atom is 0.244 e. The number of nitrogens with one attached hydrogen (secondary N) is 5. The fourth-order valence-corrected chi connectivity index (χ4v) is 3.58. The average molecular weight is 503 g/mol. The van der Waals surface area contributed by atoms with Crippen molar-refractivity contribution in [3.05, 3.63) is 35.4 Å². The van der Waals surface area contributed by atoms with Crippen LogP contribution in [0.4, 0.5) is 0 Å². The molecule has 1 aromatic carbocycles. The van der Waals surface area contributed by atoms with E-state index in [2.05, 4.69) is 63.6 Å². The van der Waals surface area contributed by atoms with Crippen LogP contribution in [0.15, 0.2) is 29.3 Å². The highest BCUT2D eigenvalue weighted by molar-refractivity contribution is 5.91. The third-order valence-electron chi connectivity index (χ3n) is 5.51. The van der Waals surface area contributed by atoms with Crippen LogP contribution in [0.5, 0.6) is 0 Å². The Morgan fingerprint density at radius 2 is 1.50 bits per heavy atom. The lowest BCUT2D eigenvalue weighted by Gasteiger charge is -2.18. The number of amides is 3. The smallest absolute Gasteiger partial charge is 0.244 e. The summed E-state index contributed by atoms with van der Waals surface area (Å²) in [5.41, 5.74) is 2.66. The molecule has 0 aliphatic heterocycles. The van der Waals surface area contributed by atoms with Crippen LogP contribution in [0.3, 0.4) is 0 Å². The van der Waals surface area contributed by atoms with Gasteiger partial charge in [-0.1, -0.05) is 51.5 Å². The summed E-state index contributed by atoms with van der Waals surface area (Å²) < 4.78 is 0. The lowest BCUT2D eigenvalue weighted by atomic mass is 9.99. The standard InChI is InChI=1S/C27H46N6O3/c1-5-11-22-12-8-9-13-23(22)14-10-17-30-27(36)24(18-31-21(4)29-16-7-3)33-26(35)20-32-25(34)19-28-15-6-2/h8-9,12-13,24,28H,5-7,10-11,14-20H2,1-4H3,(H,29,31)(H,30,36)(H,32,34)(H,33,35). The minimum Gasteiger partial charge on any atom is -0.374 e. The van der Waals surface area contributed by atoms with Crippen LogP contribution >= 0.6 is 0 Å². The van der Waals surface area contributed by atoms with Crippen molar-refractivity contribution in [2.75, 3.05) is 39.3 Å². The molecule has 36 heavy (non-hydrogen) atoms. The predicted molar refractivity (Wildman–Crippen MR) is 146 cm³/mol. The Morgan fingerprint density at radius 1 is 0.806 bits per heavy atom. The summed E-state index contributed by atoms with van der Waals surface area (Å²) in [5.74, 6) is -0.262. The number of amidine groups is 1. The molecular weight excluding hydrogens is 456 g/mol. The molecule has 0 aromatic heterocycles. The molecule has 1 aromatic rings. The lowest BCUT2D eigenvalue weighted by molar-refractivity contribution is -0.129. The number of hydrogen-bond acceptors (Lipinski definition) is 5. The molecular formula is C27H46N6O3. The zero-order chi connectivity index (χ0) is 26.6. The summed E-state index contributed by atoms with van der Waals surface area (Å²) in [6, 6.07) is 7.59. The number of rotatable bonds is 18. The molecule has 202 valence electrons. The first-order chi connectivity index (χ1) is 17.4. The Hall–Kier alpha value is -2.94. The average Bonchev–Trinajstić information content (AvgIpc) is 2.87. The van der Waals surface area contributed by atoms with Crippen molar-refractivity contribution in [1.82, 2.24) is 26.6 Å². The Kier molecular flexibility index (Phi) is 16.6. The molecule has 9 nitrogen and oxygen atoms in total. The van der Waals surface area contributed by atoms with Crippen LogP contribution in [-0.4, -0.2) is 68.9 Å². The van der Waals surface area contributed by atoms with E-state index in [0.717, 1.165) is 51.6 Å². The van der Waals surface area contributed by atoms with Crippen LogP contribution in [-0.2, 0) is 27.2 Å². The zero-order valence-corrected chi connectivity index (χ0v) is 22.5. The minimum atomic E-state index is -0.821. The van der Waals surface area contributed by atoms with Gasteiger partial charge in [0.1, 0.15) is 6.04 Å². The molecule has 1 atom stereocenters. The Balaban J connectivity index is 2.62. The summed E-state index contributed by atoms with van der Waals surface area (Å²) in [6.45, 7) is 10.2. The number of carbonyl (C=O) groups is 3. The van der Waals surface area contributed by atoms with Crippen molar-refractivity contribution in [1.29, 1.82) is 0 Å². The van der Waals surface area contributed by atoms with Gasteiger partial charge in [0.2, 0.25) is 17.7 Å². The van der Waals surface area contributed by atoms with Gasteiger partial charge < -0.3 is 26.6 Å². The molecule has 0 heterocycles. The number of aryl methyl sites for hydroxylation is 2. The maximum atomic E-state index is 12.9. The van der Waals surface area contributed by atoms with Gasteiger partial charge in [0.25, 0.3) is 0 Å². The second kappa shape index (κ2) is 19.3. The fourth-order valence-electron chi connectivity index (χ4n) is 3.58. The fraction of sp³-hybridized carbons (Fsp3) is 0.630. The predicted octanol–water partition coefficient (Wildman–Crippen LogP) is 1.71. The summed E-state index contributed by atoms with van der Waals surface area (Å²) in [4.78, 5) is 41.6. The first kappa shape index (κ1) is 31.1. The SMILES string of the molecule is CCCNCC(=O)NCC(=O)NC(CN=C(C)NCCC)C(=O)NCCCc1ccccc1CCC. The number of aliphatic imine (C=N–C) groups is 1. The minimum absolute atomic E-state index is 0.117. The van der Waals surface area contributed by atoms with Gasteiger partial charge in [-0.25, -0.2) is 0 Å². The van der Waals surface area contributed by atoms with Gasteiger partial charge in [0.05, 0.1) is 25.5 Å². The van der Waals surface area contributed by atoms with Gasteiger partial charge in [0, 0.05) is 13.1 Å². The van der Waals surface area contributed by atoms with E-state index in [1.54, 1.807) is 0 Å². The molecule has 0 fully saturated rings. The number of nitrogens with zero attached hydrogens (tertiary/aromatic N) is 1. The van der Waals surface area contributed by atoms with Gasteiger partial charge in [-0.3, -0.25) is 19.4 Å². The molecule has 1 rings (SSSR count). The van der Waals surface area contributed by atoms with E-state index in [-0.39, 0.29) is 31.4 Å². The van der Waals surface area contributed by atoms with E-state index >= 15 is 0 Å². The molecule has 0 saturated carbocycles. The molecule has 0 aliphatic carbocycles. The Morgan fingerprint density at radius 3 is 2.17 bits per heavy atom. The largest absolute Gasteiger partial charge is 0.374 e. The van der Waals surface area contributed by atoms with Gasteiger partial charge in [-0.05, 0) is 56.7 Å². The van der Waals surface area contributed by atoms with Crippen molar-refractivity contribution in [2.24, 2.45) is 4.99 Å². The molecule has 5 N–H and O–H groups in total. The van der Waals surface area contributed by atoms with Crippen LogP contribution in [0.25, 0.3) is 0 Å². The zero-order valence-electron chi connectivity index (χ0n) is 22.5. The van der Waals surface area contributed by atoms with Crippen LogP contribution in [0.2, 0.25) is 0 Å². The molecule has 0 spiro atoms. The second-order valence-electron chi connectivity index (χ2n) is 8.84. The van der Waals surface area contributed by atoms with E-state index in [9.17, 15) is 14.4 Å². The third-order valence-corrected chi connectivity index (χ3v) is 5.51. The number of hydrogen-bond donors (Lipinski definition) is 5.